The molecule has 0 saturated heterocycles. The van der Waals surface area contributed by atoms with E-state index in [0.29, 0.717) is 5.56 Å². The van der Waals surface area contributed by atoms with E-state index in [1.54, 1.807) is 0 Å². The standard InChI is InChI=1S/C27H24ClFN2O5/c1-3-7-19-22(27(34)35-2)31-13-12-30(15-18-10-11-21(29)20(28)14-18)26(33)23(31)25(24(19)32)36-16-17-8-5-4-6-9-17/h3-6,8-11,14H,1,7,12-13,15-16H2,2H3. The number of allylic oxidation sites excluding steroid dienone is 1. The van der Waals surface area contributed by atoms with E-state index >= 15 is 0 Å². The zero-order valence-electron chi connectivity index (χ0n) is 19.6. The van der Waals surface area contributed by atoms with Crippen molar-refractivity contribution in [3.63, 3.8) is 0 Å². The summed E-state index contributed by atoms with van der Waals surface area (Å²) in [5.41, 5.74) is 0.964. The molecule has 0 bridgehead atoms. The van der Waals surface area contributed by atoms with Gasteiger partial charge in [-0.25, -0.2) is 9.18 Å². The molecule has 0 fully saturated rings. The van der Waals surface area contributed by atoms with Gasteiger partial charge < -0.3 is 18.9 Å². The summed E-state index contributed by atoms with van der Waals surface area (Å²) in [7, 11) is 1.21. The minimum Gasteiger partial charge on any atom is -0.483 e. The van der Waals surface area contributed by atoms with Crippen molar-refractivity contribution in [2.45, 2.75) is 26.1 Å². The maximum Gasteiger partial charge on any atom is 0.355 e. The predicted octanol–water partition coefficient (Wildman–Crippen LogP) is 4.39. The van der Waals surface area contributed by atoms with Crippen LogP contribution in [0.2, 0.25) is 5.02 Å². The van der Waals surface area contributed by atoms with Crippen LogP contribution in [-0.4, -0.2) is 35.0 Å². The zero-order valence-corrected chi connectivity index (χ0v) is 20.4. The number of esters is 1. The smallest absolute Gasteiger partial charge is 0.355 e. The first kappa shape index (κ1) is 25.2. The normalized spacial score (nSPS) is 12.8. The number of methoxy groups -OCH3 is 1. The van der Waals surface area contributed by atoms with Gasteiger partial charge in [-0.15, -0.1) is 6.58 Å². The van der Waals surface area contributed by atoms with Crippen LogP contribution in [-0.2, 0) is 30.9 Å². The second-order valence-corrected chi connectivity index (χ2v) is 8.63. The summed E-state index contributed by atoms with van der Waals surface area (Å²) in [6.45, 7) is 4.33. The highest BCUT2D eigenvalue weighted by molar-refractivity contribution is 6.30. The molecule has 2 aromatic carbocycles. The highest BCUT2D eigenvalue weighted by Gasteiger charge is 2.35. The SMILES string of the molecule is C=CCc1c(C(=O)OC)n2c(c(OCc3ccccc3)c1=O)C(=O)N(Cc1ccc(F)c(Cl)c1)CC2. The Balaban J connectivity index is 1.82. The van der Waals surface area contributed by atoms with Crippen molar-refractivity contribution in [2.75, 3.05) is 13.7 Å². The number of rotatable bonds is 8. The van der Waals surface area contributed by atoms with Crippen LogP contribution in [0.4, 0.5) is 4.39 Å². The third kappa shape index (κ3) is 4.90. The van der Waals surface area contributed by atoms with Gasteiger partial charge in [-0.05, 0) is 29.7 Å². The Morgan fingerprint density at radius 2 is 1.89 bits per heavy atom. The van der Waals surface area contributed by atoms with Gasteiger partial charge in [0.05, 0.1) is 12.1 Å². The van der Waals surface area contributed by atoms with Gasteiger partial charge in [-0.2, -0.15) is 0 Å². The minimum absolute atomic E-state index is 0.00212. The van der Waals surface area contributed by atoms with Gasteiger partial charge in [0.25, 0.3) is 5.91 Å². The molecular formula is C27H24ClFN2O5. The number of pyridine rings is 1. The van der Waals surface area contributed by atoms with Crippen LogP contribution in [0.25, 0.3) is 0 Å². The van der Waals surface area contributed by atoms with Crippen LogP contribution < -0.4 is 10.2 Å². The Labute approximate surface area is 212 Å². The zero-order chi connectivity index (χ0) is 25.8. The van der Waals surface area contributed by atoms with Gasteiger partial charge in [0.15, 0.2) is 11.4 Å². The first-order chi connectivity index (χ1) is 17.3. The van der Waals surface area contributed by atoms with E-state index in [1.165, 1.54) is 40.9 Å². The Bertz CT molecular complexity index is 1390. The van der Waals surface area contributed by atoms with E-state index < -0.39 is 23.1 Å². The lowest BCUT2D eigenvalue weighted by molar-refractivity contribution is 0.0572. The highest BCUT2D eigenvalue weighted by Crippen LogP contribution is 2.28. The fraction of sp³-hybridized carbons (Fsp3) is 0.222. The van der Waals surface area contributed by atoms with Gasteiger partial charge in [0.1, 0.15) is 18.1 Å². The number of benzene rings is 2. The average Bonchev–Trinajstić information content (AvgIpc) is 2.88. The molecule has 0 spiro atoms. The topological polar surface area (TPSA) is 77.8 Å². The maximum absolute atomic E-state index is 13.7. The highest BCUT2D eigenvalue weighted by atomic mass is 35.5. The lowest BCUT2D eigenvalue weighted by Gasteiger charge is -2.33. The van der Waals surface area contributed by atoms with E-state index in [4.69, 9.17) is 21.1 Å². The summed E-state index contributed by atoms with van der Waals surface area (Å²) in [6, 6.07) is 13.4. The average molecular weight is 511 g/mol. The Morgan fingerprint density at radius 1 is 1.14 bits per heavy atom. The molecule has 1 aliphatic heterocycles. The van der Waals surface area contributed by atoms with Crippen molar-refractivity contribution in [1.82, 2.24) is 9.47 Å². The lowest BCUT2D eigenvalue weighted by atomic mass is 10.0. The number of hydrogen-bond acceptors (Lipinski definition) is 5. The number of carbonyl (C=O) groups excluding carboxylic acids is 2. The van der Waals surface area contributed by atoms with E-state index in [-0.39, 0.29) is 60.4 Å². The quantitative estimate of drug-likeness (QED) is 0.332. The molecule has 0 saturated carbocycles. The van der Waals surface area contributed by atoms with Crippen molar-refractivity contribution in [1.29, 1.82) is 0 Å². The molecule has 0 unspecified atom stereocenters. The molecule has 9 heteroatoms. The second kappa shape index (κ2) is 10.8. The summed E-state index contributed by atoms with van der Waals surface area (Å²) in [5, 5.41) is -0.0532. The molecule has 1 amide bonds. The van der Waals surface area contributed by atoms with Crippen molar-refractivity contribution in [2.24, 2.45) is 0 Å². The fourth-order valence-corrected chi connectivity index (χ4v) is 4.40. The monoisotopic (exact) mass is 510 g/mol. The Hall–Kier alpha value is -3.91. The van der Waals surface area contributed by atoms with Gasteiger partial charge >= 0.3 is 5.97 Å². The predicted molar refractivity (Wildman–Crippen MR) is 133 cm³/mol. The summed E-state index contributed by atoms with van der Waals surface area (Å²) in [6.07, 6.45) is 1.60. The van der Waals surface area contributed by atoms with Crippen LogP contribution >= 0.6 is 11.6 Å². The molecule has 186 valence electrons. The number of hydrogen-bond donors (Lipinski definition) is 0. The molecule has 1 aromatic heterocycles. The number of aromatic nitrogens is 1. The van der Waals surface area contributed by atoms with Crippen molar-refractivity contribution >= 4 is 23.5 Å². The van der Waals surface area contributed by atoms with Crippen molar-refractivity contribution in [3.8, 4) is 5.75 Å². The molecule has 0 N–H and O–H groups in total. The molecule has 1 aliphatic rings. The number of ether oxygens (including phenoxy) is 2. The Kier molecular flexibility index (Phi) is 7.55. The van der Waals surface area contributed by atoms with E-state index in [2.05, 4.69) is 6.58 Å². The summed E-state index contributed by atoms with van der Waals surface area (Å²) in [4.78, 5) is 41.5. The van der Waals surface area contributed by atoms with Crippen LogP contribution in [0.3, 0.4) is 0 Å². The van der Waals surface area contributed by atoms with Crippen LogP contribution in [0.1, 0.15) is 37.7 Å². The van der Waals surface area contributed by atoms with Crippen LogP contribution in [0.5, 0.6) is 5.75 Å². The van der Waals surface area contributed by atoms with Gasteiger partial charge in [0.2, 0.25) is 5.43 Å². The molecule has 3 aromatic rings. The van der Waals surface area contributed by atoms with Crippen LogP contribution in [0.15, 0.2) is 66.0 Å². The van der Waals surface area contributed by atoms with Gasteiger partial charge in [-0.1, -0.05) is 54.1 Å². The third-order valence-corrected chi connectivity index (χ3v) is 6.20. The molecule has 0 aliphatic carbocycles. The number of halogens is 2. The Morgan fingerprint density at radius 3 is 2.56 bits per heavy atom. The third-order valence-electron chi connectivity index (χ3n) is 5.92. The first-order valence-corrected chi connectivity index (χ1v) is 11.6. The number of nitrogens with zero attached hydrogens (tertiary/aromatic N) is 2. The van der Waals surface area contributed by atoms with Gasteiger partial charge in [0, 0.05) is 25.2 Å². The number of carbonyl (C=O) groups is 2. The number of fused-ring (bicyclic) bond motifs is 1. The number of amides is 1. The molecule has 7 nitrogen and oxygen atoms in total. The molecular weight excluding hydrogens is 487 g/mol. The molecule has 2 heterocycles. The largest absolute Gasteiger partial charge is 0.483 e. The molecule has 0 atom stereocenters. The van der Waals surface area contributed by atoms with Crippen LogP contribution in [0, 0.1) is 5.82 Å². The first-order valence-electron chi connectivity index (χ1n) is 11.2. The minimum atomic E-state index is -0.730. The van der Waals surface area contributed by atoms with Crippen molar-refractivity contribution < 1.29 is 23.5 Å². The van der Waals surface area contributed by atoms with Crippen molar-refractivity contribution in [3.05, 3.63) is 110 Å². The maximum atomic E-state index is 13.7. The summed E-state index contributed by atoms with van der Waals surface area (Å²) in [5.74, 6) is -1.94. The molecule has 36 heavy (non-hydrogen) atoms. The summed E-state index contributed by atoms with van der Waals surface area (Å²) < 4.78 is 26.0. The van der Waals surface area contributed by atoms with E-state index in [9.17, 15) is 18.8 Å². The fourth-order valence-electron chi connectivity index (χ4n) is 4.19. The van der Waals surface area contributed by atoms with E-state index in [1.807, 2.05) is 30.3 Å². The molecule has 4 rings (SSSR count). The molecule has 0 radical (unpaired) electrons. The lowest BCUT2D eigenvalue weighted by Crippen LogP contribution is -2.44. The summed E-state index contributed by atoms with van der Waals surface area (Å²) >= 11 is 5.91. The second-order valence-electron chi connectivity index (χ2n) is 8.22. The van der Waals surface area contributed by atoms with E-state index in [0.717, 1.165) is 5.56 Å². The van der Waals surface area contributed by atoms with Gasteiger partial charge in [-0.3, -0.25) is 9.59 Å².